The Morgan fingerprint density at radius 3 is 2.50 bits per heavy atom. The number of nitrogens with zero attached hydrogens (tertiary/aromatic N) is 3. The second-order valence-electron chi connectivity index (χ2n) is 7.65. The van der Waals surface area contributed by atoms with E-state index < -0.39 is 0 Å². The quantitative estimate of drug-likeness (QED) is 0.418. The van der Waals surface area contributed by atoms with E-state index in [0.29, 0.717) is 0 Å². The van der Waals surface area contributed by atoms with Crippen molar-refractivity contribution in [1.82, 2.24) is 14.8 Å². The third-order valence-corrected chi connectivity index (χ3v) is 5.58. The molecule has 3 aliphatic rings. The maximum atomic E-state index is 5.65. The van der Waals surface area contributed by atoms with E-state index in [1.807, 2.05) is 30.3 Å². The van der Waals surface area contributed by atoms with Crippen molar-refractivity contribution in [2.75, 3.05) is 6.79 Å². The van der Waals surface area contributed by atoms with Gasteiger partial charge in [0.05, 0.1) is 5.52 Å². The number of rotatable bonds is 3. The molecule has 0 fully saturated rings. The van der Waals surface area contributed by atoms with Crippen LogP contribution < -0.4 is 9.47 Å². The van der Waals surface area contributed by atoms with Gasteiger partial charge in [0.25, 0.3) is 0 Å². The van der Waals surface area contributed by atoms with Gasteiger partial charge in [-0.15, -0.1) is 10.2 Å². The van der Waals surface area contributed by atoms with Gasteiger partial charge >= 0.3 is 0 Å². The second-order valence-corrected chi connectivity index (χ2v) is 7.65. The molecule has 6 rings (SSSR count). The molecule has 0 saturated carbocycles. The molecule has 3 aromatic carbocycles. The van der Waals surface area contributed by atoms with Crippen molar-refractivity contribution in [2.45, 2.75) is 13.5 Å². The number of benzene rings is 3. The lowest BCUT2D eigenvalue weighted by molar-refractivity contribution is 0.174. The van der Waals surface area contributed by atoms with Crippen molar-refractivity contribution < 1.29 is 9.47 Å². The lowest BCUT2D eigenvalue weighted by Gasteiger charge is -2.16. The van der Waals surface area contributed by atoms with Gasteiger partial charge in [-0.1, -0.05) is 60.2 Å². The predicted octanol–water partition coefficient (Wildman–Crippen LogP) is 5.29. The fraction of sp³-hybridized carbons (Fsp3) is 0.120. The number of hydrogen-bond donors (Lipinski definition) is 0. The standard InChI is InChI=1S/C25H19N3O2/c1-16-6-5-7-17(10-16)13-28-14-20-24(18-8-3-2-4-9-18)26-27-25(20)19-11-22-23(12-21(19)28)30-15-29-22/h2-12,14H,13,15H2,1H3. The van der Waals surface area contributed by atoms with Gasteiger partial charge in [-0.25, -0.2) is 0 Å². The Morgan fingerprint density at radius 2 is 1.67 bits per heavy atom. The third-order valence-electron chi connectivity index (χ3n) is 5.58. The van der Waals surface area contributed by atoms with E-state index in [2.05, 4.69) is 64.3 Å². The van der Waals surface area contributed by atoms with E-state index in [1.165, 1.54) is 11.1 Å². The van der Waals surface area contributed by atoms with Crippen LogP contribution in [0.3, 0.4) is 0 Å². The second kappa shape index (κ2) is 6.59. The Balaban J connectivity index is 1.61. The van der Waals surface area contributed by atoms with E-state index in [9.17, 15) is 0 Å². The topological polar surface area (TPSA) is 49.2 Å². The summed E-state index contributed by atoms with van der Waals surface area (Å²) in [5, 5.41) is 10.1. The fourth-order valence-electron chi connectivity index (χ4n) is 4.17. The van der Waals surface area contributed by atoms with E-state index in [4.69, 9.17) is 9.47 Å². The first-order valence-electron chi connectivity index (χ1n) is 9.96. The van der Waals surface area contributed by atoms with Crippen molar-refractivity contribution in [3.63, 3.8) is 0 Å². The SMILES string of the molecule is Cc1cccc(Cn2cc3c(-c4ccccc4)nnc-3c3cc4c(cc32)OCO4)c1. The number of aromatic nitrogens is 3. The van der Waals surface area contributed by atoms with Gasteiger partial charge < -0.3 is 14.0 Å². The van der Waals surface area contributed by atoms with Crippen LogP contribution in [0.5, 0.6) is 11.5 Å². The van der Waals surface area contributed by atoms with E-state index in [-0.39, 0.29) is 6.79 Å². The van der Waals surface area contributed by atoms with Crippen LogP contribution >= 0.6 is 0 Å². The molecule has 0 aliphatic carbocycles. The summed E-state index contributed by atoms with van der Waals surface area (Å²) in [5.74, 6) is 1.52. The monoisotopic (exact) mass is 393 g/mol. The van der Waals surface area contributed by atoms with Gasteiger partial charge in [0.2, 0.25) is 6.79 Å². The van der Waals surface area contributed by atoms with Crippen LogP contribution in [-0.2, 0) is 6.54 Å². The summed E-state index contributed by atoms with van der Waals surface area (Å²) in [6.45, 7) is 3.11. The molecule has 3 aliphatic heterocycles. The van der Waals surface area contributed by atoms with Gasteiger partial charge in [0.15, 0.2) is 11.5 Å². The minimum absolute atomic E-state index is 0.245. The zero-order chi connectivity index (χ0) is 20.1. The molecular formula is C25H19N3O2. The van der Waals surface area contributed by atoms with Crippen LogP contribution in [0, 0.1) is 6.92 Å². The first-order valence-corrected chi connectivity index (χ1v) is 9.96. The molecule has 3 heterocycles. The summed E-state index contributed by atoms with van der Waals surface area (Å²) < 4.78 is 13.5. The van der Waals surface area contributed by atoms with Crippen LogP contribution in [0.2, 0.25) is 0 Å². The van der Waals surface area contributed by atoms with E-state index >= 15 is 0 Å². The number of pyridine rings is 1. The van der Waals surface area contributed by atoms with Crippen molar-refractivity contribution in [1.29, 1.82) is 0 Å². The lowest BCUT2D eigenvalue weighted by atomic mass is 10.0. The number of aryl methyl sites for hydroxylation is 1. The molecule has 3 aromatic rings. The zero-order valence-corrected chi connectivity index (χ0v) is 16.5. The van der Waals surface area contributed by atoms with Crippen molar-refractivity contribution >= 4 is 10.9 Å². The highest BCUT2D eigenvalue weighted by molar-refractivity contribution is 5.99. The normalized spacial score (nSPS) is 12.7. The molecule has 5 heteroatoms. The van der Waals surface area contributed by atoms with Crippen molar-refractivity contribution in [3.8, 4) is 34.0 Å². The smallest absolute Gasteiger partial charge is 0.231 e. The minimum atomic E-state index is 0.245. The van der Waals surface area contributed by atoms with Crippen LogP contribution in [-0.4, -0.2) is 21.6 Å². The highest BCUT2D eigenvalue weighted by atomic mass is 16.7. The molecule has 146 valence electrons. The Labute approximate surface area is 173 Å². The molecule has 5 nitrogen and oxygen atoms in total. The first-order chi connectivity index (χ1) is 14.8. The zero-order valence-electron chi connectivity index (χ0n) is 16.5. The van der Waals surface area contributed by atoms with Gasteiger partial charge in [-0.2, -0.15) is 0 Å². The molecule has 0 atom stereocenters. The van der Waals surface area contributed by atoms with Crippen molar-refractivity contribution in [2.24, 2.45) is 0 Å². The van der Waals surface area contributed by atoms with Gasteiger partial charge in [0.1, 0.15) is 11.4 Å². The van der Waals surface area contributed by atoms with Crippen LogP contribution in [0.15, 0.2) is 72.9 Å². The summed E-state index contributed by atoms with van der Waals surface area (Å²) in [4.78, 5) is 0. The minimum Gasteiger partial charge on any atom is -0.454 e. The highest BCUT2D eigenvalue weighted by Gasteiger charge is 2.23. The Bertz CT molecular complexity index is 1360. The van der Waals surface area contributed by atoms with E-state index in [1.54, 1.807) is 0 Å². The molecule has 0 spiro atoms. The Kier molecular flexibility index (Phi) is 3.74. The summed E-state index contributed by atoms with van der Waals surface area (Å²) in [5.41, 5.74) is 7.39. The predicted molar refractivity (Wildman–Crippen MR) is 116 cm³/mol. The molecule has 0 bridgehead atoms. The van der Waals surface area contributed by atoms with Crippen molar-refractivity contribution in [3.05, 3.63) is 84.1 Å². The molecule has 0 N–H and O–H groups in total. The summed E-state index contributed by atoms with van der Waals surface area (Å²) in [6.07, 6.45) is 2.16. The van der Waals surface area contributed by atoms with Gasteiger partial charge in [-0.05, 0) is 18.6 Å². The molecule has 0 unspecified atom stereocenters. The largest absolute Gasteiger partial charge is 0.454 e. The van der Waals surface area contributed by atoms with Crippen LogP contribution in [0.4, 0.5) is 0 Å². The average molecular weight is 393 g/mol. The Hall–Kier alpha value is -3.86. The number of ether oxygens (including phenoxy) is 2. The molecule has 0 amide bonds. The molecule has 0 saturated heterocycles. The average Bonchev–Trinajstić information content (AvgIpc) is 3.40. The van der Waals surface area contributed by atoms with Crippen LogP contribution in [0.1, 0.15) is 11.1 Å². The summed E-state index contributed by atoms with van der Waals surface area (Å²) >= 11 is 0. The molecule has 0 aromatic heterocycles. The Morgan fingerprint density at radius 1 is 0.867 bits per heavy atom. The first kappa shape index (κ1) is 17.0. The number of fused-ring (bicyclic) bond motifs is 4. The highest BCUT2D eigenvalue weighted by Crippen LogP contribution is 2.42. The maximum Gasteiger partial charge on any atom is 0.231 e. The fourth-order valence-corrected chi connectivity index (χ4v) is 4.17. The van der Waals surface area contributed by atoms with Crippen LogP contribution in [0.25, 0.3) is 33.4 Å². The molecular weight excluding hydrogens is 374 g/mol. The summed E-state index contributed by atoms with van der Waals surface area (Å²) in [6, 6.07) is 22.9. The molecule has 30 heavy (non-hydrogen) atoms. The van der Waals surface area contributed by atoms with E-state index in [0.717, 1.165) is 51.5 Å². The lowest BCUT2D eigenvalue weighted by Crippen LogP contribution is -2.04. The van der Waals surface area contributed by atoms with Gasteiger partial charge in [0, 0.05) is 35.3 Å². The maximum absolute atomic E-state index is 5.65. The number of hydrogen-bond acceptors (Lipinski definition) is 4. The molecule has 0 radical (unpaired) electrons. The van der Waals surface area contributed by atoms with Gasteiger partial charge in [-0.3, -0.25) is 0 Å². The summed E-state index contributed by atoms with van der Waals surface area (Å²) in [7, 11) is 0. The third kappa shape index (κ3) is 2.70.